The largest absolute Gasteiger partial charge is 0.317 e. The summed E-state index contributed by atoms with van der Waals surface area (Å²) in [6.07, 6.45) is 2.53. The predicted molar refractivity (Wildman–Crippen MR) is 59.5 cm³/mol. The minimum absolute atomic E-state index is 0.734. The Hall–Kier alpha value is -0.450. The van der Waals surface area contributed by atoms with Gasteiger partial charge in [-0.05, 0) is 33.0 Å². The quantitative estimate of drug-likeness (QED) is 0.817. The van der Waals surface area contributed by atoms with Crippen molar-refractivity contribution < 1.29 is 0 Å². The normalized spacial score (nSPS) is 19.0. The van der Waals surface area contributed by atoms with Crippen LogP contribution < -0.4 is 5.32 Å². The van der Waals surface area contributed by atoms with Gasteiger partial charge in [0, 0.05) is 18.0 Å². The van der Waals surface area contributed by atoms with Crippen LogP contribution in [0.2, 0.25) is 0 Å². The third kappa shape index (κ3) is 2.53. The van der Waals surface area contributed by atoms with Crippen LogP contribution in [0.4, 0.5) is 0 Å². The van der Waals surface area contributed by atoms with E-state index in [0.29, 0.717) is 0 Å². The van der Waals surface area contributed by atoms with Crippen LogP contribution in [0.25, 0.3) is 0 Å². The molecule has 1 aromatic heterocycles. The molecule has 1 aliphatic rings. The van der Waals surface area contributed by atoms with E-state index in [1.165, 1.54) is 18.5 Å². The van der Waals surface area contributed by atoms with Crippen molar-refractivity contribution in [2.75, 3.05) is 20.1 Å². The van der Waals surface area contributed by atoms with Crippen LogP contribution in [0.3, 0.4) is 0 Å². The average molecular weight is 211 g/mol. The van der Waals surface area contributed by atoms with Crippen LogP contribution >= 0.6 is 11.3 Å². The van der Waals surface area contributed by atoms with Gasteiger partial charge in [0.1, 0.15) is 0 Å². The fourth-order valence-electron chi connectivity index (χ4n) is 1.95. The van der Waals surface area contributed by atoms with Crippen molar-refractivity contribution in [2.45, 2.75) is 25.4 Å². The Morgan fingerprint density at radius 2 is 2.36 bits per heavy atom. The Kier molecular flexibility index (Phi) is 3.50. The molecule has 0 atom stereocenters. The molecular formula is C10H17N3S. The van der Waals surface area contributed by atoms with E-state index in [2.05, 4.69) is 27.6 Å². The van der Waals surface area contributed by atoms with Gasteiger partial charge in [0.05, 0.1) is 11.2 Å². The van der Waals surface area contributed by atoms with Crippen molar-refractivity contribution in [2.24, 2.45) is 0 Å². The van der Waals surface area contributed by atoms with Crippen molar-refractivity contribution >= 4 is 11.3 Å². The van der Waals surface area contributed by atoms with Gasteiger partial charge in [-0.25, -0.2) is 4.98 Å². The molecule has 0 aromatic carbocycles. The lowest BCUT2D eigenvalue weighted by molar-refractivity contribution is 0.190. The van der Waals surface area contributed by atoms with Crippen molar-refractivity contribution in [3.05, 3.63) is 16.6 Å². The van der Waals surface area contributed by atoms with Crippen molar-refractivity contribution in [1.82, 2.24) is 15.2 Å². The second kappa shape index (κ2) is 4.87. The summed E-state index contributed by atoms with van der Waals surface area (Å²) in [5, 5.41) is 5.52. The molecule has 0 spiro atoms. The summed E-state index contributed by atoms with van der Waals surface area (Å²) in [7, 11) is 2.20. The maximum absolute atomic E-state index is 4.31. The number of aromatic nitrogens is 1. The van der Waals surface area contributed by atoms with Crippen LogP contribution in [0.15, 0.2) is 10.9 Å². The highest BCUT2D eigenvalue weighted by Gasteiger charge is 2.17. The number of nitrogens with one attached hydrogen (secondary N) is 1. The summed E-state index contributed by atoms with van der Waals surface area (Å²) < 4.78 is 0. The van der Waals surface area contributed by atoms with Crippen LogP contribution in [-0.2, 0) is 6.54 Å². The smallest absolute Gasteiger partial charge is 0.0795 e. The third-order valence-electron chi connectivity index (χ3n) is 2.83. The van der Waals surface area contributed by atoms with Gasteiger partial charge in [-0.3, -0.25) is 4.90 Å². The first kappa shape index (κ1) is 10.1. The molecule has 0 saturated carbocycles. The second-order valence-corrected chi connectivity index (χ2v) is 4.59. The first-order valence-corrected chi connectivity index (χ1v) is 6.08. The van der Waals surface area contributed by atoms with E-state index < -0.39 is 0 Å². The Labute approximate surface area is 89.1 Å². The standard InChI is InChI=1S/C10H17N3S/c1-13(6-9-7-14-8-12-9)10-2-4-11-5-3-10/h7-8,10-11H,2-6H2,1H3. The topological polar surface area (TPSA) is 28.2 Å². The molecule has 1 aromatic rings. The molecule has 14 heavy (non-hydrogen) atoms. The molecule has 78 valence electrons. The molecular weight excluding hydrogens is 194 g/mol. The molecule has 1 N–H and O–H groups in total. The molecule has 0 radical (unpaired) electrons. The lowest BCUT2D eigenvalue weighted by Crippen LogP contribution is -2.40. The summed E-state index contributed by atoms with van der Waals surface area (Å²) in [5.41, 5.74) is 3.11. The van der Waals surface area contributed by atoms with Gasteiger partial charge < -0.3 is 5.32 Å². The molecule has 2 rings (SSSR count). The molecule has 3 nitrogen and oxygen atoms in total. The van der Waals surface area contributed by atoms with Crippen LogP contribution in [0.1, 0.15) is 18.5 Å². The highest BCUT2D eigenvalue weighted by molar-refractivity contribution is 7.07. The first-order chi connectivity index (χ1) is 6.86. The summed E-state index contributed by atoms with van der Waals surface area (Å²) in [5.74, 6) is 0. The molecule has 1 fully saturated rings. The molecule has 1 aliphatic heterocycles. The second-order valence-electron chi connectivity index (χ2n) is 3.88. The van der Waals surface area contributed by atoms with E-state index in [4.69, 9.17) is 0 Å². The van der Waals surface area contributed by atoms with Crippen LogP contribution in [0.5, 0.6) is 0 Å². The number of hydrogen-bond acceptors (Lipinski definition) is 4. The maximum Gasteiger partial charge on any atom is 0.0795 e. The molecule has 0 unspecified atom stereocenters. The lowest BCUT2D eigenvalue weighted by atomic mass is 10.1. The van der Waals surface area contributed by atoms with Gasteiger partial charge >= 0.3 is 0 Å². The SMILES string of the molecule is CN(Cc1cscn1)C1CCNCC1. The molecule has 0 aliphatic carbocycles. The Balaban J connectivity index is 1.85. The Morgan fingerprint density at radius 1 is 1.57 bits per heavy atom. The Morgan fingerprint density at radius 3 is 3.00 bits per heavy atom. The van der Waals surface area contributed by atoms with E-state index in [-0.39, 0.29) is 0 Å². The summed E-state index contributed by atoms with van der Waals surface area (Å²) in [6, 6.07) is 0.734. The number of nitrogens with zero attached hydrogens (tertiary/aromatic N) is 2. The number of hydrogen-bond donors (Lipinski definition) is 1. The zero-order valence-corrected chi connectivity index (χ0v) is 9.39. The van der Waals surface area contributed by atoms with Gasteiger partial charge in [0.25, 0.3) is 0 Å². The molecule has 0 bridgehead atoms. The highest BCUT2D eigenvalue weighted by atomic mass is 32.1. The van der Waals surface area contributed by atoms with E-state index in [1.54, 1.807) is 11.3 Å². The number of piperidine rings is 1. The number of rotatable bonds is 3. The third-order valence-corrected chi connectivity index (χ3v) is 3.46. The minimum Gasteiger partial charge on any atom is -0.317 e. The molecule has 0 amide bonds. The van der Waals surface area contributed by atoms with Crippen LogP contribution in [0, 0.1) is 0 Å². The van der Waals surface area contributed by atoms with E-state index in [0.717, 1.165) is 25.7 Å². The summed E-state index contributed by atoms with van der Waals surface area (Å²) >= 11 is 1.68. The highest BCUT2D eigenvalue weighted by Crippen LogP contribution is 2.13. The van der Waals surface area contributed by atoms with E-state index in [9.17, 15) is 0 Å². The summed E-state index contributed by atoms with van der Waals surface area (Å²) in [4.78, 5) is 6.74. The molecule has 2 heterocycles. The zero-order chi connectivity index (χ0) is 9.80. The minimum atomic E-state index is 0.734. The van der Waals surface area contributed by atoms with Crippen LogP contribution in [-0.4, -0.2) is 36.1 Å². The lowest BCUT2D eigenvalue weighted by Gasteiger charge is -2.31. The van der Waals surface area contributed by atoms with Crippen molar-refractivity contribution in [3.63, 3.8) is 0 Å². The van der Waals surface area contributed by atoms with Gasteiger partial charge in [-0.1, -0.05) is 0 Å². The van der Waals surface area contributed by atoms with Crippen molar-refractivity contribution in [1.29, 1.82) is 0 Å². The summed E-state index contributed by atoms with van der Waals surface area (Å²) in [6.45, 7) is 3.31. The van der Waals surface area contributed by atoms with Gasteiger partial charge in [-0.2, -0.15) is 0 Å². The monoisotopic (exact) mass is 211 g/mol. The average Bonchev–Trinajstić information content (AvgIpc) is 2.72. The molecule has 1 saturated heterocycles. The zero-order valence-electron chi connectivity index (χ0n) is 8.57. The van der Waals surface area contributed by atoms with Gasteiger partial charge in [0.15, 0.2) is 0 Å². The molecule has 4 heteroatoms. The fraction of sp³-hybridized carbons (Fsp3) is 0.700. The Bertz CT molecular complexity index is 254. The van der Waals surface area contributed by atoms with Crippen molar-refractivity contribution in [3.8, 4) is 0 Å². The first-order valence-electron chi connectivity index (χ1n) is 5.14. The predicted octanol–water partition coefficient (Wildman–Crippen LogP) is 1.33. The maximum atomic E-state index is 4.31. The van der Waals surface area contributed by atoms with Gasteiger partial charge in [-0.15, -0.1) is 11.3 Å². The number of thiazole rings is 1. The van der Waals surface area contributed by atoms with E-state index in [1.807, 2.05) is 5.51 Å². The van der Waals surface area contributed by atoms with Gasteiger partial charge in [0.2, 0.25) is 0 Å². The fourth-order valence-corrected chi connectivity index (χ4v) is 2.50. The van der Waals surface area contributed by atoms with E-state index >= 15 is 0 Å².